The van der Waals surface area contributed by atoms with Crippen LogP contribution in [-0.2, 0) is 0 Å². The third-order valence-electron chi connectivity index (χ3n) is 2.38. The zero-order chi connectivity index (χ0) is 13.3. The van der Waals surface area contributed by atoms with Crippen LogP contribution in [0.25, 0.3) is 5.69 Å². The van der Waals surface area contributed by atoms with Gasteiger partial charge in [0, 0.05) is 12.3 Å². The number of rotatable bonds is 3. The minimum Gasteiger partial charge on any atom is -0.477 e. The van der Waals surface area contributed by atoms with Gasteiger partial charge in [0.15, 0.2) is 0 Å². The maximum Gasteiger partial charge on any atom is 0.342 e. The molecular weight excluding hydrogens is 238 g/mol. The number of aromatic carboxylic acids is 1. The molecule has 1 N–H and O–H groups in total. The Hall–Kier alpha value is -2.70. The Labute approximate surface area is 101 Å². The van der Waals surface area contributed by atoms with E-state index in [1.807, 2.05) is 6.92 Å². The van der Waals surface area contributed by atoms with E-state index in [-0.39, 0.29) is 5.56 Å². The fourth-order valence-electron chi connectivity index (χ4n) is 1.55. The third kappa shape index (κ3) is 2.05. The molecule has 2 aromatic rings. The summed E-state index contributed by atoms with van der Waals surface area (Å²) in [5.41, 5.74) is 0.581. The fraction of sp³-hybridized carbons (Fsp3) is 0.0909. The Morgan fingerprint density at radius 3 is 2.72 bits per heavy atom. The molecule has 0 fully saturated rings. The van der Waals surface area contributed by atoms with E-state index in [9.17, 15) is 14.9 Å². The minimum atomic E-state index is -1.34. The molecule has 0 spiro atoms. The zero-order valence-electron chi connectivity index (χ0n) is 9.40. The summed E-state index contributed by atoms with van der Waals surface area (Å²) in [6, 6.07) is 3.85. The van der Waals surface area contributed by atoms with Crippen molar-refractivity contribution in [3.05, 3.63) is 51.8 Å². The molecule has 0 atom stereocenters. The molecule has 0 unspecified atom stereocenters. The second kappa shape index (κ2) is 4.28. The third-order valence-corrected chi connectivity index (χ3v) is 2.38. The van der Waals surface area contributed by atoms with Crippen molar-refractivity contribution in [3.63, 3.8) is 0 Å². The van der Waals surface area contributed by atoms with Gasteiger partial charge in [0.25, 0.3) is 5.69 Å². The van der Waals surface area contributed by atoms with Crippen molar-refractivity contribution in [2.24, 2.45) is 0 Å². The number of nitro groups is 1. The van der Waals surface area contributed by atoms with E-state index in [2.05, 4.69) is 5.10 Å². The van der Waals surface area contributed by atoms with Gasteiger partial charge in [0.2, 0.25) is 0 Å². The topological polar surface area (TPSA) is 98.3 Å². The molecule has 0 aliphatic carbocycles. The molecule has 0 saturated heterocycles. The molecule has 0 aliphatic heterocycles. The maximum atomic E-state index is 11.0. The van der Waals surface area contributed by atoms with Crippen LogP contribution in [0.15, 0.2) is 30.6 Å². The molecule has 7 nitrogen and oxygen atoms in total. The van der Waals surface area contributed by atoms with Crippen molar-refractivity contribution in [2.45, 2.75) is 6.92 Å². The van der Waals surface area contributed by atoms with Crippen LogP contribution in [0.1, 0.15) is 15.9 Å². The Kier molecular flexibility index (Phi) is 2.80. The van der Waals surface area contributed by atoms with Gasteiger partial charge in [-0.05, 0) is 24.6 Å². The second-order valence-electron chi connectivity index (χ2n) is 3.73. The molecule has 0 bridgehead atoms. The summed E-state index contributed by atoms with van der Waals surface area (Å²) in [5, 5.41) is 23.7. The average molecular weight is 247 g/mol. The van der Waals surface area contributed by atoms with Crippen molar-refractivity contribution in [1.29, 1.82) is 0 Å². The smallest absolute Gasteiger partial charge is 0.342 e. The number of aryl methyl sites for hydroxylation is 1. The quantitative estimate of drug-likeness (QED) is 0.658. The number of nitrogens with zero attached hydrogens (tertiary/aromatic N) is 3. The van der Waals surface area contributed by atoms with Crippen molar-refractivity contribution in [2.75, 3.05) is 0 Å². The average Bonchev–Trinajstić information content (AvgIpc) is 2.75. The van der Waals surface area contributed by atoms with Crippen molar-refractivity contribution in [1.82, 2.24) is 9.78 Å². The SMILES string of the molecule is Cc1cnn(-c2ccc([N+](=O)[O-])c(C(=O)O)c2)c1. The Morgan fingerprint density at radius 2 is 2.22 bits per heavy atom. The van der Waals surface area contributed by atoms with Gasteiger partial charge in [-0.3, -0.25) is 10.1 Å². The molecule has 0 aliphatic rings. The molecule has 0 saturated carbocycles. The van der Waals surface area contributed by atoms with Gasteiger partial charge < -0.3 is 5.11 Å². The Morgan fingerprint density at radius 1 is 1.50 bits per heavy atom. The van der Waals surface area contributed by atoms with Crippen molar-refractivity contribution >= 4 is 11.7 Å². The molecule has 1 aromatic heterocycles. The number of carboxylic acids is 1. The summed E-state index contributed by atoms with van der Waals surface area (Å²) in [6.45, 7) is 1.84. The Bertz CT molecular complexity index is 633. The van der Waals surface area contributed by atoms with Crippen LogP contribution in [0.3, 0.4) is 0 Å². The van der Waals surface area contributed by atoms with Crippen LogP contribution in [0, 0.1) is 17.0 Å². The largest absolute Gasteiger partial charge is 0.477 e. The summed E-state index contributed by atoms with van der Waals surface area (Å²) in [4.78, 5) is 21.0. The van der Waals surface area contributed by atoms with Gasteiger partial charge in [-0.1, -0.05) is 0 Å². The van der Waals surface area contributed by atoms with E-state index in [0.717, 1.165) is 11.6 Å². The van der Waals surface area contributed by atoms with Gasteiger partial charge in [-0.15, -0.1) is 0 Å². The number of hydrogen-bond acceptors (Lipinski definition) is 4. The van der Waals surface area contributed by atoms with Crippen LogP contribution >= 0.6 is 0 Å². The highest BCUT2D eigenvalue weighted by molar-refractivity contribution is 5.93. The molecule has 0 amide bonds. The molecule has 2 rings (SSSR count). The summed E-state index contributed by atoms with van der Waals surface area (Å²) in [7, 11) is 0. The van der Waals surface area contributed by atoms with E-state index in [4.69, 9.17) is 5.11 Å². The number of hydrogen-bond donors (Lipinski definition) is 1. The summed E-state index contributed by atoms with van der Waals surface area (Å²) in [6.07, 6.45) is 3.31. The molecular formula is C11H9N3O4. The number of carboxylic acid groups (broad SMARTS) is 1. The lowest BCUT2D eigenvalue weighted by atomic mass is 10.1. The lowest BCUT2D eigenvalue weighted by Gasteiger charge is -2.03. The first-order chi connectivity index (χ1) is 8.49. The molecule has 1 heterocycles. The van der Waals surface area contributed by atoms with E-state index in [1.54, 1.807) is 12.4 Å². The van der Waals surface area contributed by atoms with E-state index in [1.165, 1.54) is 16.8 Å². The molecule has 1 aromatic carbocycles. The van der Waals surface area contributed by atoms with Crippen LogP contribution in [-0.4, -0.2) is 25.8 Å². The zero-order valence-corrected chi connectivity index (χ0v) is 9.40. The highest BCUT2D eigenvalue weighted by Gasteiger charge is 2.20. The first-order valence-electron chi connectivity index (χ1n) is 5.02. The lowest BCUT2D eigenvalue weighted by molar-refractivity contribution is -0.385. The Balaban J connectivity index is 2.56. The molecule has 92 valence electrons. The van der Waals surface area contributed by atoms with E-state index in [0.29, 0.717) is 5.69 Å². The van der Waals surface area contributed by atoms with Gasteiger partial charge >= 0.3 is 5.97 Å². The molecule has 0 radical (unpaired) electrons. The second-order valence-corrected chi connectivity index (χ2v) is 3.73. The maximum absolute atomic E-state index is 11.0. The number of nitro benzene ring substituents is 1. The van der Waals surface area contributed by atoms with Crippen molar-refractivity contribution < 1.29 is 14.8 Å². The minimum absolute atomic E-state index is 0.356. The summed E-state index contributed by atoms with van der Waals surface area (Å²) >= 11 is 0. The van der Waals surface area contributed by atoms with Crippen LogP contribution < -0.4 is 0 Å². The molecule has 18 heavy (non-hydrogen) atoms. The standard InChI is InChI=1S/C11H9N3O4/c1-7-5-12-13(6-7)8-2-3-10(14(17)18)9(4-8)11(15)16/h2-6H,1H3,(H,15,16). The van der Waals surface area contributed by atoms with Crippen LogP contribution in [0.4, 0.5) is 5.69 Å². The van der Waals surface area contributed by atoms with Gasteiger partial charge in [0.05, 0.1) is 16.8 Å². The summed E-state index contributed by atoms with van der Waals surface area (Å²) < 4.78 is 1.46. The van der Waals surface area contributed by atoms with E-state index < -0.39 is 16.6 Å². The number of carbonyl (C=O) groups is 1. The van der Waals surface area contributed by atoms with Crippen LogP contribution in [0.2, 0.25) is 0 Å². The van der Waals surface area contributed by atoms with E-state index >= 15 is 0 Å². The fourth-order valence-corrected chi connectivity index (χ4v) is 1.55. The first-order valence-corrected chi connectivity index (χ1v) is 5.02. The van der Waals surface area contributed by atoms with Crippen LogP contribution in [0.5, 0.6) is 0 Å². The van der Waals surface area contributed by atoms with Gasteiger partial charge in [-0.2, -0.15) is 5.10 Å². The van der Waals surface area contributed by atoms with Gasteiger partial charge in [0.1, 0.15) is 5.56 Å². The van der Waals surface area contributed by atoms with Gasteiger partial charge in [-0.25, -0.2) is 9.48 Å². The monoisotopic (exact) mass is 247 g/mol. The first kappa shape index (κ1) is 11.8. The molecule has 7 heteroatoms. The predicted molar refractivity (Wildman–Crippen MR) is 61.9 cm³/mol. The number of benzene rings is 1. The number of aromatic nitrogens is 2. The highest BCUT2D eigenvalue weighted by atomic mass is 16.6. The predicted octanol–water partition coefficient (Wildman–Crippen LogP) is 1.79. The normalized spacial score (nSPS) is 10.3. The lowest BCUT2D eigenvalue weighted by Crippen LogP contribution is -2.05. The van der Waals surface area contributed by atoms with Crippen molar-refractivity contribution in [3.8, 4) is 5.69 Å². The summed E-state index contributed by atoms with van der Waals surface area (Å²) in [5.74, 6) is -1.34. The highest BCUT2D eigenvalue weighted by Crippen LogP contribution is 2.22.